The zero-order valence-electron chi connectivity index (χ0n) is 6.17. The van der Waals surface area contributed by atoms with Gasteiger partial charge in [0.1, 0.15) is 0 Å². The zero-order chi connectivity index (χ0) is 7.40. The second-order valence-electron chi connectivity index (χ2n) is 2.30. The molecule has 0 fully saturated rings. The third-order valence-electron chi connectivity index (χ3n) is 1.44. The van der Waals surface area contributed by atoms with Crippen LogP contribution in [0.4, 0.5) is 0 Å². The summed E-state index contributed by atoms with van der Waals surface area (Å²) in [7, 11) is 0. The van der Waals surface area contributed by atoms with Gasteiger partial charge in [0, 0.05) is 6.61 Å². The molecule has 0 atom stereocenters. The first-order valence-electron chi connectivity index (χ1n) is 3.59. The van der Waals surface area contributed by atoms with Gasteiger partial charge in [0.15, 0.2) is 0 Å². The van der Waals surface area contributed by atoms with Crippen LogP contribution < -0.4 is 0 Å². The zero-order valence-corrected chi connectivity index (χ0v) is 6.17. The molecule has 0 saturated heterocycles. The molecular formula is C9H12O. The Bertz CT molecular complexity index is 165. The van der Waals surface area contributed by atoms with Crippen LogP contribution in [0.25, 0.3) is 11.1 Å². The monoisotopic (exact) mass is 136 g/mol. The fourth-order valence-corrected chi connectivity index (χ4v) is 0.663. The molecule has 2 aliphatic carbocycles. The van der Waals surface area contributed by atoms with E-state index in [1.54, 1.807) is 0 Å². The highest BCUT2D eigenvalue weighted by atomic mass is 16.2. The van der Waals surface area contributed by atoms with Crippen molar-refractivity contribution in [1.29, 1.82) is 0 Å². The maximum Gasteiger partial charge on any atom is 0.0428 e. The highest BCUT2D eigenvalue weighted by molar-refractivity contribution is 5.75. The molecule has 1 heteroatoms. The Morgan fingerprint density at radius 3 is 1.40 bits per heavy atom. The second kappa shape index (κ2) is 3.37. The van der Waals surface area contributed by atoms with Gasteiger partial charge in [-0.25, -0.2) is 0 Å². The maximum atomic E-state index is 7.88. The fraction of sp³-hybridized carbons (Fsp3) is 0.333. The Balaban J connectivity index is 0.000000112. The number of hydrogen-bond acceptors (Lipinski definition) is 1. The van der Waals surface area contributed by atoms with E-state index in [0.29, 0.717) is 6.61 Å². The number of benzene rings is 1. The summed E-state index contributed by atoms with van der Waals surface area (Å²) in [6.07, 6.45) is 0.875. The summed E-state index contributed by atoms with van der Waals surface area (Å²) in [6.45, 7) is 2.25. The van der Waals surface area contributed by atoms with Crippen LogP contribution in [0.5, 0.6) is 0 Å². The molecule has 0 aromatic heterocycles. The van der Waals surface area contributed by atoms with Crippen molar-refractivity contribution in [2.24, 2.45) is 0 Å². The van der Waals surface area contributed by atoms with Crippen molar-refractivity contribution in [2.75, 3.05) is 6.61 Å². The minimum Gasteiger partial charge on any atom is -0.396 e. The Kier molecular flexibility index (Phi) is 2.46. The SMILES string of the molecule is CCCO.c1cc2ccc1-2. The van der Waals surface area contributed by atoms with Gasteiger partial charge in [-0.3, -0.25) is 0 Å². The van der Waals surface area contributed by atoms with E-state index in [2.05, 4.69) is 24.3 Å². The molecule has 0 aliphatic heterocycles. The van der Waals surface area contributed by atoms with Crippen LogP contribution in [0.3, 0.4) is 0 Å². The molecule has 1 nitrogen and oxygen atoms in total. The Morgan fingerprint density at radius 1 is 1.10 bits per heavy atom. The van der Waals surface area contributed by atoms with Gasteiger partial charge in [0.25, 0.3) is 0 Å². The average molecular weight is 136 g/mol. The van der Waals surface area contributed by atoms with Crippen LogP contribution in [-0.4, -0.2) is 11.7 Å². The number of rotatable bonds is 1. The molecule has 0 radical (unpaired) electrons. The Labute approximate surface area is 61.3 Å². The van der Waals surface area contributed by atoms with Crippen molar-refractivity contribution >= 4 is 0 Å². The lowest BCUT2D eigenvalue weighted by Crippen LogP contribution is -1.85. The van der Waals surface area contributed by atoms with Gasteiger partial charge in [-0.05, 0) is 17.5 Å². The summed E-state index contributed by atoms with van der Waals surface area (Å²) in [6, 6.07) is 8.48. The normalized spacial score (nSPS) is 9.80. The third kappa shape index (κ3) is 1.36. The molecule has 2 rings (SSSR count). The molecule has 0 heterocycles. The number of hydrogen-bond donors (Lipinski definition) is 1. The molecule has 0 bridgehead atoms. The minimum absolute atomic E-state index is 0.319. The summed E-state index contributed by atoms with van der Waals surface area (Å²) in [5.74, 6) is 0. The van der Waals surface area contributed by atoms with E-state index >= 15 is 0 Å². The van der Waals surface area contributed by atoms with Gasteiger partial charge in [-0.2, -0.15) is 0 Å². The van der Waals surface area contributed by atoms with E-state index < -0.39 is 0 Å². The van der Waals surface area contributed by atoms with Gasteiger partial charge >= 0.3 is 0 Å². The summed E-state index contributed by atoms with van der Waals surface area (Å²) in [4.78, 5) is 0. The maximum absolute atomic E-state index is 7.88. The first-order chi connectivity index (χ1) is 4.88. The molecule has 2 aliphatic rings. The molecule has 1 N–H and O–H groups in total. The Hall–Kier alpha value is -0.820. The standard InChI is InChI=1S/C6H4.C3H8O/c1-2-6-4-3-5(1)6;1-2-3-4/h1-4H;4H,2-3H2,1H3. The predicted octanol–water partition coefficient (Wildman–Crippen LogP) is 2.06. The van der Waals surface area contributed by atoms with Crippen LogP contribution in [0.1, 0.15) is 13.3 Å². The number of fused-ring (bicyclic) bond motifs is 1. The van der Waals surface area contributed by atoms with E-state index in [1.807, 2.05) is 6.92 Å². The molecule has 0 aromatic carbocycles. The van der Waals surface area contributed by atoms with Gasteiger partial charge in [0.05, 0.1) is 0 Å². The van der Waals surface area contributed by atoms with Crippen LogP contribution in [-0.2, 0) is 0 Å². The van der Waals surface area contributed by atoms with Crippen LogP contribution in [0.2, 0.25) is 0 Å². The quantitative estimate of drug-likeness (QED) is 0.636. The third-order valence-corrected chi connectivity index (χ3v) is 1.44. The average Bonchev–Trinajstić information content (AvgIpc) is 1.97. The molecule has 0 saturated carbocycles. The van der Waals surface area contributed by atoms with E-state index in [9.17, 15) is 0 Å². The number of aliphatic hydroxyl groups excluding tert-OH is 1. The van der Waals surface area contributed by atoms with E-state index in [4.69, 9.17) is 5.11 Å². The first kappa shape index (κ1) is 7.29. The van der Waals surface area contributed by atoms with E-state index in [0.717, 1.165) is 6.42 Å². The number of aliphatic hydroxyl groups is 1. The van der Waals surface area contributed by atoms with Crippen molar-refractivity contribution in [3.05, 3.63) is 24.3 Å². The minimum atomic E-state index is 0.319. The largest absolute Gasteiger partial charge is 0.396 e. The summed E-state index contributed by atoms with van der Waals surface area (Å²) in [5, 5.41) is 7.88. The van der Waals surface area contributed by atoms with Crippen molar-refractivity contribution in [1.82, 2.24) is 0 Å². The summed E-state index contributed by atoms with van der Waals surface area (Å²) < 4.78 is 0. The van der Waals surface area contributed by atoms with Gasteiger partial charge < -0.3 is 5.11 Å². The Morgan fingerprint density at radius 2 is 1.40 bits per heavy atom. The van der Waals surface area contributed by atoms with Crippen molar-refractivity contribution in [3.8, 4) is 11.1 Å². The van der Waals surface area contributed by atoms with Crippen molar-refractivity contribution in [2.45, 2.75) is 13.3 Å². The fourth-order valence-electron chi connectivity index (χ4n) is 0.663. The molecular weight excluding hydrogens is 124 g/mol. The molecule has 0 unspecified atom stereocenters. The van der Waals surface area contributed by atoms with Crippen molar-refractivity contribution in [3.63, 3.8) is 0 Å². The van der Waals surface area contributed by atoms with Crippen molar-refractivity contribution < 1.29 is 5.11 Å². The molecule has 0 aromatic rings. The molecule has 0 spiro atoms. The van der Waals surface area contributed by atoms with E-state index in [-0.39, 0.29) is 0 Å². The topological polar surface area (TPSA) is 20.2 Å². The van der Waals surface area contributed by atoms with Gasteiger partial charge in [0.2, 0.25) is 0 Å². The predicted molar refractivity (Wildman–Crippen MR) is 42.8 cm³/mol. The highest BCUT2D eigenvalue weighted by Crippen LogP contribution is 2.29. The molecule has 54 valence electrons. The first-order valence-corrected chi connectivity index (χ1v) is 3.59. The lowest BCUT2D eigenvalue weighted by Gasteiger charge is -2.10. The highest BCUT2D eigenvalue weighted by Gasteiger charge is 2.03. The molecule has 10 heavy (non-hydrogen) atoms. The summed E-state index contributed by atoms with van der Waals surface area (Å²) >= 11 is 0. The van der Waals surface area contributed by atoms with Crippen LogP contribution >= 0.6 is 0 Å². The second-order valence-corrected chi connectivity index (χ2v) is 2.30. The van der Waals surface area contributed by atoms with Crippen LogP contribution in [0, 0.1) is 0 Å². The molecule has 0 amide bonds. The van der Waals surface area contributed by atoms with Gasteiger partial charge in [-0.1, -0.05) is 31.2 Å². The summed E-state index contributed by atoms with van der Waals surface area (Å²) in [5.41, 5.74) is 2.85. The van der Waals surface area contributed by atoms with E-state index in [1.165, 1.54) is 11.1 Å². The van der Waals surface area contributed by atoms with Crippen LogP contribution in [0.15, 0.2) is 24.3 Å². The lowest BCUT2D eigenvalue weighted by molar-refractivity contribution is 0.295. The van der Waals surface area contributed by atoms with Gasteiger partial charge in [-0.15, -0.1) is 0 Å². The smallest absolute Gasteiger partial charge is 0.0428 e. The lowest BCUT2D eigenvalue weighted by atomic mass is 9.95.